The van der Waals surface area contributed by atoms with Crippen LogP contribution in [0.3, 0.4) is 0 Å². The molecule has 0 spiro atoms. The van der Waals surface area contributed by atoms with E-state index in [0.717, 1.165) is 26.2 Å². The zero-order valence-corrected chi connectivity index (χ0v) is 12.6. The van der Waals surface area contributed by atoms with Gasteiger partial charge in [-0.25, -0.2) is 0 Å². The summed E-state index contributed by atoms with van der Waals surface area (Å²) in [6, 6.07) is 9.35. The van der Waals surface area contributed by atoms with Gasteiger partial charge in [0.25, 0.3) is 0 Å². The highest BCUT2D eigenvalue weighted by atomic mass is 15.2. The van der Waals surface area contributed by atoms with Crippen molar-refractivity contribution in [2.45, 2.75) is 25.8 Å². The third-order valence-electron chi connectivity index (χ3n) is 4.44. The Bertz CT molecular complexity index is 567. The Morgan fingerprint density at radius 3 is 2.70 bits per heavy atom. The van der Waals surface area contributed by atoms with Crippen LogP contribution >= 0.6 is 0 Å². The number of piperazine rings is 1. The minimum Gasteiger partial charge on any atom is -0.350 e. The third-order valence-corrected chi connectivity index (χ3v) is 4.44. The number of nitrogens with one attached hydrogen (secondary N) is 1. The van der Waals surface area contributed by atoms with Gasteiger partial charge in [-0.2, -0.15) is 0 Å². The topological polar surface area (TPSA) is 20.2 Å². The SMILES string of the molecule is CCC[C@@H](c1cn(C)c2ccccc12)N1CCNCC1. The maximum absolute atomic E-state index is 3.46. The molecule has 1 aromatic carbocycles. The van der Waals surface area contributed by atoms with Gasteiger partial charge in [0.15, 0.2) is 0 Å². The van der Waals surface area contributed by atoms with Crippen LogP contribution in [0, 0.1) is 0 Å². The Morgan fingerprint density at radius 2 is 1.95 bits per heavy atom. The number of para-hydroxylation sites is 1. The van der Waals surface area contributed by atoms with E-state index in [9.17, 15) is 0 Å². The zero-order chi connectivity index (χ0) is 13.9. The molecular formula is C17H25N3. The van der Waals surface area contributed by atoms with Gasteiger partial charge in [0.1, 0.15) is 0 Å². The van der Waals surface area contributed by atoms with E-state index in [0.29, 0.717) is 6.04 Å². The van der Waals surface area contributed by atoms with Crippen molar-refractivity contribution in [2.75, 3.05) is 26.2 Å². The van der Waals surface area contributed by atoms with Gasteiger partial charge in [-0.3, -0.25) is 4.90 Å². The molecule has 0 unspecified atom stereocenters. The highest BCUT2D eigenvalue weighted by Gasteiger charge is 2.24. The van der Waals surface area contributed by atoms with Gasteiger partial charge in [0.2, 0.25) is 0 Å². The van der Waals surface area contributed by atoms with Crippen LogP contribution in [-0.4, -0.2) is 35.6 Å². The molecule has 2 heterocycles. The van der Waals surface area contributed by atoms with Crippen LogP contribution in [0.4, 0.5) is 0 Å². The molecule has 108 valence electrons. The molecule has 0 aliphatic carbocycles. The fourth-order valence-electron chi connectivity index (χ4n) is 3.44. The van der Waals surface area contributed by atoms with Gasteiger partial charge in [0.05, 0.1) is 0 Å². The highest BCUT2D eigenvalue weighted by Crippen LogP contribution is 2.32. The molecule has 1 aliphatic rings. The van der Waals surface area contributed by atoms with E-state index in [4.69, 9.17) is 0 Å². The first-order valence-electron chi connectivity index (χ1n) is 7.80. The molecule has 3 nitrogen and oxygen atoms in total. The Hall–Kier alpha value is -1.32. The van der Waals surface area contributed by atoms with Gasteiger partial charge in [0, 0.05) is 56.4 Å². The maximum atomic E-state index is 3.46. The Labute approximate surface area is 121 Å². The van der Waals surface area contributed by atoms with E-state index < -0.39 is 0 Å². The van der Waals surface area contributed by atoms with Crippen LogP contribution in [0.5, 0.6) is 0 Å². The normalized spacial score (nSPS) is 18.5. The van der Waals surface area contributed by atoms with Crippen molar-refractivity contribution in [1.82, 2.24) is 14.8 Å². The Balaban J connectivity index is 2.00. The molecule has 0 bridgehead atoms. The van der Waals surface area contributed by atoms with Crippen LogP contribution in [0.25, 0.3) is 10.9 Å². The molecule has 1 fully saturated rings. The summed E-state index contributed by atoms with van der Waals surface area (Å²) in [5, 5.41) is 4.88. The number of hydrogen-bond donors (Lipinski definition) is 1. The van der Waals surface area contributed by atoms with Crippen LogP contribution in [0.15, 0.2) is 30.5 Å². The lowest BCUT2D eigenvalue weighted by molar-refractivity contribution is 0.165. The summed E-state index contributed by atoms with van der Waals surface area (Å²) in [6.45, 7) is 6.85. The summed E-state index contributed by atoms with van der Waals surface area (Å²) < 4.78 is 2.27. The number of nitrogens with zero attached hydrogens (tertiary/aromatic N) is 2. The van der Waals surface area contributed by atoms with Gasteiger partial charge < -0.3 is 9.88 Å². The van der Waals surface area contributed by atoms with Crippen molar-refractivity contribution >= 4 is 10.9 Å². The number of fused-ring (bicyclic) bond motifs is 1. The molecule has 0 amide bonds. The summed E-state index contributed by atoms with van der Waals surface area (Å²) in [4.78, 5) is 2.65. The molecular weight excluding hydrogens is 246 g/mol. The van der Waals surface area contributed by atoms with Crippen molar-refractivity contribution in [1.29, 1.82) is 0 Å². The Morgan fingerprint density at radius 1 is 1.20 bits per heavy atom. The lowest BCUT2D eigenvalue weighted by Crippen LogP contribution is -2.45. The first-order chi connectivity index (χ1) is 9.81. The monoisotopic (exact) mass is 271 g/mol. The summed E-state index contributed by atoms with van der Waals surface area (Å²) in [6.07, 6.45) is 4.82. The second-order valence-corrected chi connectivity index (χ2v) is 5.80. The van der Waals surface area contributed by atoms with Gasteiger partial charge in [-0.15, -0.1) is 0 Å². The lowest BCUT2D eigenvalue weighted by Gasteiger charge is -2.35. The summed E-state index contributed by atoms with van der Waals surface area (Å²) in [7, 11) is 2.16. The van der Waals surface area contributed by atoms with Gasteiger partial charge in [-0.05, 0) is 18.1 Å². The van der Waals surface area contributed by atoms with Crippen LogP contribution in [-0.2, 0) is 7.05 Å². The smallest absolute Gasteiger partial charge is 0.0481 e. The fraction of sp³-hybridized carbons (Fsp3) is 0.529. The number of rotatable bonds is 4. The number of aryl methyl sites for hydroxylation is 1. The minimum absolute atomic E-state index is 0.563. The summed E-state index contributed by atoms with van der Waals surface area (Å²) >= 11 is 0. The standard InChI is InChI=1S/C17H25N3/c1-3-6-17(20-11-9-18-10-12-20)15-13-19(2)16-8-5-4-7-14(15)16/h4-5,7-8,13,17-18H,3,6,9-12H2,1-2H3/t17-/m0/s1. The first-order valence-corrected chi connectivity index (χ1v) is 7.80. The van der Waals surface area contributed by atoms with E-state index >= 15 is 0 Å². The van der Waals surface area contributed by atoms with Crippen molar-refractivity contribution < 1.29 is 0 Å². The molecule has 1 N–H and O–H groups in total. The van der Waals surface area contributed by atoms with Gasteiger partial charge in [-0.1, -0.05) is 31.5 Å². The molecule has 1 aliphatic heterocycles. The van der Waals surface area contributed by atoms with E-state index in [-0.39, 0.29) is 0 Å². The molecule has 1 saturated heterocycles. The van der Waals surface area contributed by atoms with E-state index in [1.54, 1.807) is 0 Å². The molecule has 3 heteroatoms. The maximum Gasteiger partial charge on any atom is 0.0481 e. The van der Waals surface area contributed by atoms with Crippen LogP contribution < -0.4 is 5.32 Å². The predicted octanol–water partition coefficient (Wildman–Crippen LogP) is 2.92. The summed E-state index contributed by atoms with van der Waals surface area (Å²) in [5.41, 5.74) is 2.85. The first kappa shape index (κ1) is 13.7. The number of hydrogen-bond acceptors (Lipinski definition) is 2. The molecule has 0 radical (unpaired) electrons. The zero-order valence-electron chi connectivity index (χ0n) is 12.6. The highest BCUT2D eigenvalue weighted by molar-refractivity contribution is 5.84. The molecule has 1 atom stereocenters. The summed E-state index contributed by atoms with van der Waals surface area (Å²) in [5.74, 6) is 0. The number of benzene rings is 1. The van der Waals surface area contributed by atoms with E-state index in [2.05, 4.69) is 59.2 Å². The molecule has 2 aromatic rings. The minimum atomic E-state index is 0.563. The predicted molar refractivity (Wildman–Crippen MR) is 85.0 cm³/mol. The van der Waals surface area contributed by atoms with E-state index in [1.807, 2.05) is 0 Å². The Kier molecular flexibility index (Phi) is 4.08. The van der Waals surface area contributed by atoms with Crippen molar-refractivity contribution in [3.8, 4) is 0 Å². The molecule has 0 saturated carbocycles. The molecule has 20 heavy (non-hydrogen) atoms. The molecule has 1 aromatic heterocycles. The second-order valence-electron chi connectivity index (χ2n) is 5.80. The molecule has 3 rings (SSSR count). The second kappa shape index (κ2) is 5.98. The largest absolute Gasteiger partial charge is 0.350 e. The van der Waals surface area contributed by atoms with Crippen LogP contribution in [0.1, 0.15) is 31.4 Å². The van der Waals surface area contributed by atoms with E-state index in [1.165, 1.54) is 29.3 Å². The van der Waals surface area contributed by atoms with Crippen LogP contribution in [0.2, 0.25) is 0 Å². The average Bonchev–Trinajstić information content (AvgIpc) is 2.83. The van der Waals surface area contributed by atoms with Crippen molar-refractivity contribution in [2.24, 2.45) is 7.05 Å². The fourth-order valence-corrected chi connectivity index (χ4v) is 3.44. The van der Waals surface area contributed by atoms with Gasteiger partial charge >= 0.3 is 0 Å². The third kappa shape index (κ3) is 2.48. The quantitative estimate of drug-likeness (QED) is 0.922. The lowest BCUT2D eigenvalue weighted by atomic mass is 9.99. The average molecular weight is 271 g/mol. The number of aromatic nitrogens is 1. The van der Waals surface area contributed by atoms with Crippen molar-refractivity contribution in [3.05, 3.63) is 36.0 Å². The van der Waals surface area contributed by atoms with Crippen molar-refractivity contribution in [3.63, 3.8) is 0 Å².